The van der Waals surface area contributed by atoms with Crippen LogP contribution in [0.15, 0.2) is 78.9 Å². The molecule has 0 unspecified atom stereocenters. The molecule has 0 aliphatic heterocycles. The van der Waals surface area contributed by atoms with Crippen LogP contribution in [-0.4, -0.2) is 18.8 Å². The van der Waals surface area contributed by atoms with Crippen LogP contribution in [0.3, 0.4) is 0 Å². The zero-order chi connectivity index (χ0) is 19.9. The monoisotopic (exact) mass is 371 g/mol. The quantitative estimate of drug-likeness (QED) is 0.374. The molecule has 0 saturated carbocycles. The maximum atomic E-state index is 13.0. The highest BCUT2D eigenvalue weighted by Crippen LogP contribution is 2.22. The number of rotatable bonds is 6. The van der Waals surface area contributed by atoms with Gasteiger partial charge in [0.2, 0.25) is 0 Å². The van der Waals surface area contributed by atoms with E-state index in [4.69, 9.17) is 4.74 Å². The first kappa shape index (κ1) is 19.1. The number of carbonyl (C=O) groups excluding carboxylic acids is 2. The first-order valence-corrected chi connectivity index (χ1v) is 8.90. The second-order valence-electron chi connectivity index (χ2n) is 6.29. The Morgan fingerprint density at radius 1 is 0.857 bits per heavy atom. The fourth-order valence-electron chi connectivity index (χ4n) is 2.78. The maximum absolute atomic E-state index is 13.0. The van der Waals surface area contributed by atoms with Crippen LogP contribution in [0.4, 0.5) is 5.69 Å². The van der Waals surface area contributed by atoms with Crippen LogP contribution in [0.2, 0.25) is 0 Å². The Morgan fingerprint density at radius 3 is 2.18 bits per heavy atom. The third-order valence-electron chi connectivity index (χ3n) is 4.28. The van der Waals surface area contributed by atoms with Crippen molar-refractivity contribution >= 4 is 29.0 Å². The number of methoxy groups -OCH3 is 1. The Bertz CT molecular complexity index is 1010. The van der Waals surface area contributed by atoms with Gasteiger partial charge in [0, 0.05) is 16.8 Å². The zero-order valence-electron chi connectivity index (χ0n) is 15.8. The van der Waals surface area contributed by atoms with Gasteiger partial charge in [0.25, 0.3) is 5.91 Å². The minimum absolute atomic E-state index is 0.0480. The molecule has 140 valence electrons. The predicted octanol–water partition coefficient (Wildman–Crippen LogP) is 5.08. The molecule has 1 N–H and O–H groups in total. The molecule has 0 aliphatic rings. The number of nitrogens with one attached hydrogen (secondary N) is 1. The summed E-state index contributed by atoms with van der Waals surface area (Å²) in [4.78, 5) is 24.6. The largest absolute Gasteiger partial charge is 0.497 e. The molecule has 0 atom stereocenters. The molecular weight excluding hydrogens is 350 g/mol. The van der Waals surface area contributed by atoms with E-state index < -0.39 is 0 Å². The molecule has 0 saturated heterocycles. The Morgan fingerprint density at radius 2 is 1.54 bits per heavy atom. The predicted molar refractivity (Wildman–Crippen MR) is 112 cm³/mol. The lowest BCUT2D eigenvalue weighted by molar-refractivity contribution is -0.111. The minimum atomic E-state index is -0.247. The fourth-order valence-corrected chi connectivity index (χ4v) is 2.78. The number of anilines is 1. The number of ketones is 1. The van der Waals surface area contributed by atoms with E-state index in [9.17, 15) is 9.59 Å². The molecule has 3 aromatic rings. The molecule has 0 aromatic heterocycles. The third-order valence-corrected chi connectivity index (χ3v) is 4.28. The Balaban J connectivity index is 1.94. The summed E-state index contributed by atoms with van der Waals surface area (Å²) in [5.74, 6) is 0.458. The number of carbonyl (C=O) groups is 2. The van der Waals surface area contributed by atoms with Crippen molar-refractivity contribution in [3.05, 3.63) is 95.6 Å². The number of hydrogen-bond acceptors (Lipinski definition) is 3. The Labute approximate surface area is 164 Å². The summed E-state index contributed by atoms with van der Waals surface area (Å²) in [7, 11) is 1.61. The molecule has 0 aliphatic carbocycles. The molecule has 28 heavy (non-hydrogen) atoms. The average molecular weight is 371 g/mol. The van der Waals surface area contributed by atoms with Crippen molar-refractivity contribution in [2.45, 2.75) is 6.92 Å². The minimum Gasteiger partial charge on any atom is -0.497 e. The number of amides is 1. The van der Waals surface area contributed by atoms with Crippen LogP contribution in [0.1, 0.15) is 28.4 Å². The standard InChI is InChI=1S/C24H21NO3/c1-17(26)20-9-6-10-21(16-20)25-24(27)23(19-7-4-3-5-8-19)15-18-11-13-22(28-2)14-12-18/h3-16H,1-2H3,(H,25,27)/b23-15+. The average Bonchev–Trinajstić information content (AvgIpc) is 2.73. The van der Waals surface area contributed by atoms with Gasteiger partial charge in [-0.3, -0.25) is 9.59 Å². The highest BCUT2D eigenvalue weighted by Gasteiger charge is 2.13. The van der Waals surface area contributed by atoms with Gasteiger partial charge < -0.3 is 10.1 Å². The van der Waals surface area contributed by atoms with Gasteiger partial charge in [-0.25, -0.2) is 0 Å². The van der Waals surface area contributed by atoms with Crippen LogP contribution in [0.25, 0.3) is 11.6 Å². The van der Waals surface area contributed by atoms with Gasteiger partial charge in [0.15, 0.2) is 5.78 Å². The molecule has 4 heteroatoms. The number of hydrogen-bond donors (Lipinski definition) is 1. The van der Waals surface area contributed by atoms with E-state index in [-0.39, 0.29) is 11.7 Å². The molecule has 0 radical (unpaired) electrons. The summed E-state index contributed by atoms with van der Waals surface area (Å²) in [6, 6.07) is 23.9. The third kappa shape index (κ3) is 4.74. The summed E-state index contributed by atoms with van der Waals surface area (Å²) < 4.78 is 5.19. The van der Waals surface area contributed by atoms with Crippen molar-refractivity contribution in [2.24, 2.45) is 0 Å². The van der Waals surface area contributed by atoms with Crippen molar-refractivity contribution in [1.29, 1.82) is 0 Å². The normalized spacial score (nSPS) is 11.0. The molecule has 3 rings (SSSR count). The van der Waals surface area contributed by atoms with Gasteiger partial charge in [0.1, 0.15) is 5.75 Å². The summed E-state index contributed by atoms with van der Waals surface area (Å²) in [5, 5.41) is 2.89. The van der Waals surface area contributed by atoms with E-state index in [1.807, 2.05) is 60.7 Å². The molecule has 1 amide bonds. The van der Waals surface area contributed by atoms with E-state index in [1.165, 1.54) is 6.92 Å². The van der Waals surface area contributed by atoms with Crippen LogP contribution >= 0.6 is 0 Å². The second-order valence-corrected chi connectivity index (χ2v) is 6.29. The maximum Gasteiger partial charge on any atom is 0.256 e. The van der Waals surface area contributed by atoms with Crippen molar-refractivity contribution in [1.82, 2.24) is 0 Å². The Kier molecular flexibility index (Phi) is 6.02. The molecule has 0 bridgehead atoms. The zero-order valence-corrected chi connectivity index (χ0v) is 15.8. The number of ether oxygens (including phenoxy) is 1. The van der Waals surface area contributed by atoms with Crippen LogP contribution in [-0.2, 0) is 4.79 Å². The van der Waals surface area contributed by atoms with E-state index in [2.05, 4.69) is 5.32 Å². The molecule has 0 fully saturated rings. The molecular formula is C24H21NO3. The second kappa shape index (κ2) is 8.82. The van der Waals surface area contributed by atoms with Crippen molar-refractivity contribution in [2.75, 3.05) is 12.4 Å². The van der Waals surface area contributed by atoms with Crippen LogP contribution < -0.4 is 10.1 Å². The lowest BCUT2D eigenvalue weighted by Gasteiger charge is -2.11. The summed E-state index contributed by atoms with van der Waals surface area (Å²) >= 11 is 0. The number of Topliss-reactive ketones (excluding diaryl/α,β-unsaturated/α-hetero) is 1. The van der Waals surface area contributed by atoms with Gasteiger partial charge in [0.05, 0.1) is 7.11 Å². The highest BCUT2D eigenvalue weighted by molar-refractivity contribution is 6.29. The van der Waals surface area contributed by atoms with E-state index in [0.717, 1.165) is 16.9 Å². The number of benzene rings is 3. The summed E-state index contributed by atoms with van der Waals surface area (Å²) in [5.41, 5.74) is 3.34. The first-order valence-electron chi connectivity index (χ1n) is 8.90. The van der Waals surface area contributed by atoms with Crippen LogP contribution in [0, 0.1) is 0 Å². The van der Waals surface area contributed by atoms with Crippen molar-refractivity contribution in [3.8, 4) is 5.75 Å². The van der Waals surface area contributed by atoms with Gasteiger partial charge in [-0.2, -0.15) is 0 Å². The Hall–Kier alpha value is -3.66. The van der Waals surface area contributed by atoms with E-state index >= 15 is 0 Å². The first-order chi connectivity index (χ1) is 13.6. The topological polar surface area (TPSA) is 55.4 Å². The van der Waals surface area contributed by atoms with Crippen LogP contribution in [0.5, 0.6) is 5.75 Å². The summed E-state index contributed by atoms with van der Waals surface area (Å²) in [6.07, 6.45) is 1.83. The smallest absolute Gasteiger partial charge is 0.256 e. The summed E-state index contributed by atoms with van der Waals surface area (Å²) in [6.45, 7) is 1.50. The van der Waals surface area contributed by atoms with E-state index in [0.29, 0.717) is 16.8 Å². The molecule has 3 aromatic carbocycles. The SMILES string of the molecule is COc1ccc(/C=C(/C(=O)Nc2cccc(C(C)=O)c2)c2ccccc2)cc1. The van der Waals surface area contributed by atoms with Gasteiger partial charge in [-0.05, 0) is 48.4 Å². The van der Waals surface area contributed by atoms with Gasteiger partial charge in [-0.15, -0.1) is 0 Å². The lowest BCUT2D eigenvalue weighted by Crippen LogP contribution is -2.14. The van der Waals surface area contributed by atoms with Gasteiger partial charge in [-0.1, -0.05) is 54.6 Å². The fraction of sp³-hybridized carbons (Fsp3) is 0.0833. The van der Waals surface area contributed by atoms with Crippen molar-refractivity contribution < 1.29 is 14.3 Å². The molecule has 4 nitrogen and oxygen atoms in total. The lowest BCUT2D eigenvalue weighted by atomic mass is 10.0. The molecule has 0 spiro atoms. The van der Waals surface area contributed by atoms with Crippen molar-refractivity contribution in [3.63, 3.8) is 0 Å². The van der Waals surface area contributed by atoms with E-state index in [1.54, 1.807) is 31.4 Å². The van der Waals surface area contributed by atoms with Gasteiger partial charge >= 0.3 is 0 Å². The molecule has 0 heterocycles. The highest BCUT2D eigenvalue weighted by atomic mass is 16.5.